The highest BCUT2D eigenvalue weighted by Crippen LogP contribution is 2.33. The van der Waals surface area contributed by atoms with Gasteiger partial charge in [-0.3, -0.25) is 0 Å². The number of nitrogens with zero attached hydrogens (tertiary/aromatic N) is 1. The highest BCUT2D eigenvalue weighted by molar-refractivity contribution is 7.90. The van der Waals surface area contributed by atoms with Gasteiger partial charge in [0.15, 0.2) is 5.25 Å². The van der Waals surface area contributed by atoms with E-state index in [1.165, 1.54) is 13.8 Å². The molecule has 1 rings (SSSR count). The van der Waals surface area contributed by atoms with Crippen LogP contribution in [0.15, 0.2) is 18.2 Å². The maximum absolute atomic E-state index is 13.2. The topological polar surface area (TPSA) is 70.0 Å². The van der Waals surface area contributed by atoms with Crippen molar-refractivity contribution in [2.45, 2.75) is 37.7 Å². The van der Waals surface area contributed by atoms with Gasteiger partial charge in [-0.1, -0.05) is 13.0 Å². The Morgan fingerprint density at radius 3 is 2.41 bits per heavy atom. The van der Waals surface area contributed by atoms with Gasteiger partial charge in [-0.25, -0.2) is 17.5 Å². The van der Waals surface area contributed by atoms with Gasteiger partial charge >= 0.3 is 6.18 Å². The SMILES string of the molecule is CCC(C#N)S(=O)(=O)NC(C)c1ccc(F)c(C(F)(F)F)c1. The molecule has 22 heavy (non-hydrogen) atoms. The Kier molecular flexibility index (Phi) is 5.54. The third-order valence-electron chi connectivity index (χ3n) is 3.03. The first-order valence-corrected chi connectivity index (χ1v) is 7.85. The number of nitriles is 1. The number of hydrogen-bond donors (Lipinski definition) is 1. The van der Waals surface area contributed by atoms with Gasteiger partial charge in [0.05, 0.1) is 11.6 Å². The fourth-order valence-corrected chi connectivity index (χ4v) is 3.18. The third kappa shape index (κ3) is 4.18. The molecule has 0 heterocycles. The molecule has 0 amide bonds. The van der Waals surface area contributed by atoms with Gasteiger partial charge in [-0.2, -0.15) is 18.4 Å². The maximum Gasteiger partial charge on any atom is 0.419 e. The van der Waals surface area contributed by atoms with E-state index in [1.807, 2.05) is 0 Å². The second kappa shape index (κ2) is 6.62. The van der Waals surface area contributed by atoms with Crippen molar-refractivity contribution in [3.8, 4) is 6.07 Å². The molecule has 1 aromatic rings. The molecule has 4 nitrogen and oxygen atoms in total. The number of halogens is 4. The molecule has 0 spiro atoms. The summed E-state index contributed by atoms with van der Waals surface area (Å²) >= 11 is 0. The summed E-state index contributed by atoms with van der Waals surface area (Å²) in [5.74, 6) is -1.44. The lowest BCUT2D eigenvalue weighted by molar-refractivity contribution is -0.140. The summed E-state index contributed by atoms with van der Waals surface area (Å²) < 4.78 is 77.1. The minimum absolute atomic E-state index is 0.0375. The summed E-state index contributed by atoms with van der Waals surface area (Å²) in [6.45, 7) is 2.81. The maximum atomic E-state index is 13.2. The van der Waals surface area contributed by atoms with Crippen LogP contribution in [-0.2, 0) is 16.2 Å². The van der Waals surface area contributed by atoms with Gasteiger partial charge in [0.2, 0.25) is 10.0 Å². The Morgan fingerprint density at radius 1 is 1.36 bits per heavy atom. The first kappa shape index (κ1) is 18.4. The Labute approximate surface area is 125 Å². The molecule has 0 saturated carbocycles. The van der Waals surface area contributed by atoms with Crippen LogP contribution in [0.2, 0.25) is 0 Å². The number of rotatable bonds is 5. The zero-order valence-corrected chi connectivity index (χ0v) is 12.6. The van der Waals surface area contributed by atoms with Crippen LogP contribution in [0.25, 0.3) is 0 Å². The van der Waals surface area contributed by atoms with Gasteiger partial charge < -0.3 is 0 Å². The molecule has 0 radical (unpaired) electrons. The summed E-state index contributed by atoms with van der Waals surface area (Å²) in [5.41, 5.74) is -1.52. The molecule has 2 atom stereocenters. The van der Waals surface area contributed by atoms with E-state index >= 15 is 0 Å². The predicted octanol–water partition coefficient (Wildman–Crippen LogP) is 3.13. The normalized spacial score (nSPS) is 15.1. The minimum Gasteiger partial charge on any atom is -0.211 e. The van der Waals surface area contributed by atoms with Crippen molar-refractivity contribution in [2.24, 2.45) is 0 Å². The molecule has 0 aliphatic heterocycles. The Morgan fingerprint density at radius 2 is 1.95 bits per heavy atom. The van der Waals surface area contributed by atoms with E-state index in [-0.39, 0.29) is 12.0 Å². The number of benzene rings is 1. The van der Waals surface area contributed by atoms with Crippen LogP contribution >= 0.6 is 0 Å². The van der Waals surface area contributed by atoms with Crippen molar-refractivity contribution >= 4 is 10.0 Å². The van der Waals surface area contributed by atoms with Gasteiger partial charge in [0.1, 0.15) is 5.82 Å². The Hall–Kier alpha value is -1.66. The highest BCUT2D eigenvalue weighted by Gasteiger charge is 2.35. The molecule has 122 valence electrons. The summed E-state index contributed by atoms with van der Waals surface area (Å²) in [6.07, 6.45) is -4.84. The minimum atomic E-state index is -4.88. The van der Waals surface area contributed by atoms with Crippen molar-refractivity contribution in [3.05, 3.63) is 35.1 Å². The molecule has 9 heteroatoms. The fraction of sp³-hybridized carbons (Fsp3) is 0.462. The summed E-state index contributed by atoms with van der Waals surface area (Å²) in [7, 11) is -4.01. The molecule has 1 aromatic carbocycles. The smallest absolute Gasteiger partial charge is 0.211 e. The summed E-state index contributed by atoms with van der Waals surface area (Å²) in [5, 5.41) is 7.46. The standard InChI is InChI=1S/C13H14F4N2O2S/c1-3-10(7-18)22(20,21)19-8(2)9-4-5-12(14)11(6-9)13(15,16)17/h4-6,8,10,19H,3H2,1-2H3. The lowest BCUT2D eigenvalue weighted by Gasteiger charge is -2.18. The molecule has 2 unspecified atom stereocenters. The Bertz CT molecular complexity index is 680. The number of sulfonamides is 1. The van der Waals surface area contributed by atoms with E-state index in [0.29, 0.717) is 12.1 Å². The molecular formula is C13H14F4N2O2S. The second-order valence-electron chi connectivity index (χ2n) is 4.65. The highest BCUT2D eigenvalue weighted by atomic mass is 32.2. The number of nitrogens with one attached hydrogen (secondary N) is 1. The van der Waals surface area contributed by atoms with Crippen molar-refractivity contribution < 1.29 is 26.0 Å². The first-order valence-electron chi connectivity index (χ1n) is 6.30. The summed E-state index contributed by atoms with van der Waals surface area (Å²) in [4.78, 5) is 0. The summed E-state index contributed by atoms with van der Waals surface area (Å²) in [6, 6.07) is 2.81. The van der Waals surface area contributed by atoms with Crippen LogP contribution in [-0.4, -0.2) is 13.7 Å². The van der Waals surface area contributed by atoms with E-state index in [2.05, 4.69) is 4.72 Å². The van der Waals surface area contributed by atoms with E-state index in [1.54, 1.807) is 6.07 Å². The van der Waals surface area contributed by atoms with Crippen molar-refractivity contribution in [3.63, 3.8) is 0 Å². The zero-order valence-electron chi connectivity index (χ0n) is 11.8. The average molecular weight is 338 g/mol. The molecule has 0 bridgehead atoms. The van der Waals surface area contributed by atoms with E-state index in [9.17, 15) is 26.0 Å². The number of alkyl halides is 3. The van der Waals surface area contributed by atoms with Crippen molar-refractivity contribution in [2.75, 3.05) is 0 Å². The van der Waals surface area contributed by atoms with Crippen LogP contribution in [0.4, 0.5) is 17.6 Å². The molecule has 0 fully saturated rings. The van der Waals surface area contributed by atoms with Gasteiger partial charge in [-0.05, 0) is 31.0 Å². The van der Waals surface area contributed by atoms with Gasteiger partial charge in [0, 0.05) is 6.04 Å². The molecule has 0 aliphatic rings. The molecule has 0 aromatic heterocycles. The van der Waals surface area contributed by atoms with Gasteiger partial charge in [-0.15, -0.1) is 0 Å². The zero-order chi connectivity index (χ0) is 17.1. The third-order valence-corrected chi connectivity index (χ3v) is 4.90. The number of hydrogen-bond acceptors (Lipinski definition) is 3. The fourth-order valence-electron chi connectivity index (χ4n) is 1.81. The predicted molar refractivity (Wildman–Crippen MR) is 71.6 cm³/mol. The lowest BCUT2D eigenvalue weighted by Crippen LogP contribution is -2.35. The van der Waals surface area contributed by atoms with E-state index in [4.69, 9.17) is 5.26 Å². The van der Waals surface area contributed by atoms with Crippen molar-refractivity contribution in [1.82, 2.24) is 4.72 Å². The van der Waals surface area contributed by atoms with Crippen LogP contribution in [0.3, 0.4) is 0 Å². The van der Waals surface area contributed by atoms with Crippen LogP contribution in [0.1, 0.15) is 37.4 Å². The monoisotopic (exact) mass is 338 g/mol. The molecule has 0 saturated heterocycles. The molecule has 1 N–H and O–H groups in total. The van der Waals surface area contributed by atoms with Crippen LogP contribution in [0.5, 0.6) is 0 Å². The quantitative estimate of drug-likeness (QED) is 0.839. The lowest BCUT2D eigenvalue weighted by atomic mass is 10.1. The van der Waals surface area contributed by atoms with Crippen LogP contribution < -0.4 is 4.72 Å². The van der Waals surface area contributed by atoms with Crippen molar-refractivity contribution in [1.29, 1.82) is 5.26 Å². The first-order chi connectivity index (χ1) is 10.0. The molecule has 0 aliphatic carbocycles. The molecular weight excluding hydrogens is 324 g/mol. The van der Waals surface area contributed by atoms with E-state index < -0.39 is 38.9 Å². The van der Waals surface area contributed by atoms with Crippen LogP contribution in [0, 0.1) is 17.1 Å². The second-order valence-corrected chi connectivity index (χ2v) is 6.54. The van der Waals surface area contributed by atoms with E-state index in [0.717, 1.165) is 6.07 Å². The average Bonchev–Trinajstić information content (AvgIpc) is 2.38. The van der Waals surface area contributed by atoms with Gasteiger partial charge in [0.25, 0.3) is 0 Å². The largest absolute Gasteiger partial charge is 0.419 e. The Balaban J connectivity index is 3.10.